The van der Waals surface area contributed by atoms with E-state index in [1.807, 2.05) is 0 Å². The quantitative estimate of drug-likeness (QED) is 0.0495. The number of aromatic nitrogens is 3. The first-order valence-corrected chi connectivity index (χ1v) is 23.3. The molecule has 0 saturated carbocycles. The van der Waals surface area contributed by atoms with Gasteiger partial charge in [0.25, 0.3) is 0 Å². The molecule has 6 atom stereocenters. The Labute approximate surface area is 355 Å². The average Bonchev–Trinajstić information content (AvgIpc) is 3.91. The smallest absolute Gasteiger partial charge is 0.382 e. The van der Waals surface area contributed by atoms with Crippen LogP contribution in [0.25, 0.3) is 5.52 Å². The number of fused-ring (bicyclic) bond motifs is 2. The van der Waals surface area contributed by atoms with Gasteiger partial charge in [-0.3, -0.25) is 9.05 Å². The van der Waals surface area contributed by atoms with Gasteiger partial charge in [-0.15, -0.1) is 0 Å². The summed E-state index contributed by atoms with van der Waals surface area (Å²) >= 11 is 0. The van der Waals surface area contributed by atoms with Crippen LogP contribution in [0.1, 0.15) is 140 Å². The summed E-state index contributed by atoms with van der Waals surface area (Å²) in [6, 6.07) is 14.7. The molecule has 60 heavy (non-hydrogen) atoms. The number of phosphoric acid groups is 1. The highest BCUT2D eigenvalue weighted by atomic mass is 31.2. The first-order valence-electron chi connectivity index (χ1n) is 21.8. The number of anilines is 1. The Bertz CT molecular complexity index is 1880. The third-order valence-electron chi connectivity index (χ3n) is 11.1. The van der Waals surface area contributed by atoms with E-state index in [9.17, 15) is 14.7 Å². The second-order valence-corrected chi connectivity index (χ2v) is 17.8. The van der Waals surface area contributed by atoms with Gasteiger partial charge in [0.1, 0.15) is 42.3 Å². The molecule has 0 aliphatic carbocycles. The summed E-state index contributed by atoms with van der Waals surface area (Å²) in [5.41, 5.74) is 6.48. The molecule has 15 nitrogen and oxygen atoms in total. The number of unbranched alkanes of at least 4 members (excludes halogenated alkanes) is 15. The lowest BCUT2D eigenvalue weighted by Gasteiger charge is -2.29. The van der Waals surface area contributed by atoms with Gasteiger partial charge in [0.15, 0.2) is 11.6 Å². The number of nitrogen functional groups attached to an aromatic ring is 1. The Balaban J connectivity index is 1.06. The fraction of sp³-hybridized carbons (Fsp3) is 0.682. The predicted molar refractivity (Wildman–Crippen MR) is 225 cm³/mol. The van der Waals surface area contributed by atoms with Gasteiger partial charge < -0.3 is 34.3 Å². The standard InChI is InChI=1S/C44H65N6O9P/c1-4-5-6-7-8-9-10-11-12-13-14-15-16-17-18-19-26-53-29-36(54-28-35-22-20-34(27-45)21-23-35)30-55-60(51,52)56-31-38-40-41(59-43(2,3)58-40)44(32-46,57-38)39-25-24-37-42(47)48-33-49-50(37)39/h20-25,33,36,38,40-41H,4-19,26,28-31H2,1-3H3,(H,51,52)(H2,47,48,49)/t36-,38-,40-,41-,44+/m1/s1. The number of benzene rings is 1. The third-order valence-corrected chi connectivity index (χ3v) is 12.1. The third kappa shape index (κ3) is 13.8. The van der Waals surface area contributed by atoms with Gasteiger partial charge >= 0.3 is 7.82 Å². The van der Waals surface area contributed by atoms with Crippen LogP contribution in [0.4, 0.5) is 5.82 Å². The van der Waals surface area contributed by atoms with Crippen molar-refractivity contribution in [2.24, 2.45) is 0 Å². The summed E-state index contributed by atoms with van der Waals surface area (Å²) in [7, 11) is -4.68. The fourth-order valence-corrected chi connectivity index (χ4v) is 8.61. The summed E-state index contributed by atoms with van der Waals surface area (Å²) in [5, 5.41) is 24.0. The molecule has 0 amide bonds. The van der Waals surface area contributed by atoms with Gasteiger partial charge in [-0.05, 0) is 50.1 Å². The molecule has 2 aliphatic heterocycles. The van der Waals surface area contributed by atoms with E-state index in [4.69, 9.17) is 43.7 Å². The molecule has 4 heterocycles. The van der Waals surface area contributed by atoms with Crippen LogP contribution < -0.4 is 5.73 Å². The summed E-state index contributed by atoms with van der Waals surface area (Å²) < 4.78 is 56.4. The van der Waals surface area contributed by atoms with Crippen LogP contribution in [-0.2, 0) is 49.5 Å². The number of phosphoric ester groups is 1. The Kier molecular flexibility index (Phi) is 18.8. The van der Waals surface area contributed by atoms with Crippen LogP contribution in [-0.4, -0.2) is 76.1 Å². The number of nitriles is 2. The lowest BCUT2D eigenvalue weighted by atomic mass is 9.92. The van der Waals surface area contributed by atoms with Crippen LogP contribution in [0.2, 0.25) is 0 Å². The van der Waals surface area contributed by atoms with Crippen LogP contribution in [0, 0.1) is 22.7 Å². The number of rotatable bonds is 29. The van der Waals surface area contributed by atoms with Crippen molar-refractivity contribution in [1.82, 2.24) is 14.6 Å². The zero-order valence-electron chi connectivity index (χ0n) is 35.7. The highest BCUT2D eigenvalue weighted by molar-refractivity contribution is 7.47. The van der Waals surface area contributed by atoms with E-state index in [0.717, 1.165) is 24.8 Å². The van der Waals surface area contributed by atoms with Gasteiger partial charge in [0.2, 0.25) is 5.60 Å². The van der Waals surface area contributed by atoms with E-state index >= 15 is 0 Å². The Morgan fingerprint density at radius 2 is 1.50 bits per heavy atom. The molecule has 2 saturated heterocycles. The molecule has 0 bridgehead atoms. The Hall–Kier alpha value is -3.47. The van der Waals surface area contributed by atoms with Crippen molar-refractivity contribution >= 4 is 19.2 Å². The van der Waals surface area contributed by atoms with E-state index in [-0.39, 0.29) is 25.6 Å². The van der Waals surface area contributed by atoms with Crippen molar-refractivity contribution < 1.29 is 42.2 Å². The molecule has 0 radical (unpaired) electrons. The zero-order valence-corrected chi connectivity index (χ0v) is 36.6. The van der Waals surface area contributed by atoms with Gasteiger partial charge in [-0.2, -0.15) is 15.6 Å². The number of nitrogens with two attached hydrogens (primary N) is 1. The van der Waals surface area contributed by atoms with Crippen molar-refractivity contribution in [2.45, 2.75) is 166 Å². The maximum atomic E-state index is 13.3. The highest BCUT2D eigenvalue weighted by Crippen LogP contribution is 2.51. The largest absolute Gasteiger partial charge is 0.472 e. The maximum Gasteiger partial charge on any atom is 0.472 e. The van der Waals surface area contributed by atoms with Crippen molar-refractivity contribution in [1.29, 1.82) is 10.5 Å². The number of nitrogens with zero attached hydrogens (tertiary/aromatic N) is 5. The Morgan fingerprint density at radius 3 is 2.12 bits per heavy atom. The van der Waals surface area contributed by atoms with Crippen LogP contribution in [0.3, 0.4) is 0 Å². The summed E-state index contributed by atoms with van der Waals surface area (Å²) in [6.07, 6.45) is 18.4. The maximum absolute atomic E-state index is 13.3. The zero-order chi connectivity index (χ0) is 42.9. The molecule has 1 unspecified atom stereocenters. The first-order chi connectivity index (χ1) is 29.0. The fourth-order valence-electron chi connectivity index (χ4n) is 7.85. The summed E-state index contributed by atoms with van der Waals surface area (Å²) in [5.74, 6) is -0.878. The minimum atomic E-state index is -4.68. The van der Waals surface area contributed by atoms with Crippen LogP contribution >= 0.6 is 7.82 Å². The molecule has 2 aromatic heterocycles. The molecule has 3 aromatic rings. The van der Waals surface area contributed by atoms with E-state index in [1.54, 1.807) is 50.2 Å². The molecule has 5 rings (SSSR count). The van der Waals surface area contributed by atoms with E-state index in [2.05, 4.69) is 29.1 Å². The lowest BCUT2D eigenvalue weighted by molar-refractivity contribution is -0.204. The number of hydrogen-bond donors (Lipinski definition) is 2. The lowest BCUT2D eigenvalue weighted by Crippen LogP contribution is -2.40. The average molecular weight is 853 g/mol. The summed E-state index contributed by atoms with van der Waals surface area (Å²) in [6.45, 7) is 5.77. The molecular formula is C44H65N6O9P. The minimum Gasteiger partial charge on any atom is -0.382 e. The van der Waals surface area contributed by atoms with Crippen molar-refractivity contribution in [3.63, 3.8) is 0 Å². The molecule has 0 spiro atoms. The highest BCUT2D eigenvalue weighted by Gasteiger charge is 2.65. The Morgan fingerprint density at radius 1 is 0.867 bits per heavy atom. The molecular weight excluding hydrogens is 787 g/mol. The molecule has 3 N–H and O–H groups in total. The van der Waals surface area contributed by atoms with Crippen molar-refractivity contribution in [3.05, 3.63) is 59.5 Å². The van der Waals surface area contributed by atoms with Crippen molar-refractivity contribution in [3.8, 4) is 12.1 Å². The SMILES string of the molecule is CCCCCCCCCCCCCCCCCCOC[C@H](COP(=O)(O)OC[C@H]1O[C@@](C#N)(c2ccc3c(N)ncnn23)[C@@H]2OC(C)(C)O[C@@H]21)OCc1ccc(C#N)cc1. The topological polar surface area (TPSA) is 206 Å². The normalized spacial score (nSPS) is 22.3. The molecule has 16 heteroatoms. The van der Waals surface area contributed by atoms with E-state index in [1.165, 1.54) is 94.3 Å². The first kappa shape index (κ1) is 47.6. The second-order valence-electron chi connectivity index (χ2n) is 16.4. The molecule has 1 aromatic carbocycles. The predicted octanol–water partition coefficient (Wildman–Crippen LogP) is 8.82. The second kappa shape index (κ2) is 23.7. The number of ether oxygens (including phenoxy) is 5. The van der Waals surface area contributed by atoms with E-state index in [0.29, 0.717) is 23.4 Å². The van der Waals surface area contributed by atoms with Gasteiger partial charge in [-0.25, -0.2) is 14.1 Å². The number of hydrogen-bond acceptors (Lipinski definition) is 13. The molecule has 2 fully saturated rings. The summed E-state index contributed by atoms with van der Waals surface area (Å²) in [4.78, 5) is 14.9. The van der Waals surface area contributed by atoms with Crippen LogP contribution in [0.5, 0.6) is 0 Å². The van der Waals surface area contributed by atoms with E-state index < -0.39 is 50.2 Å². The van der Waals surface area contributed by atoms with Gasteiger partial charge in [0, 0.05) is 6.61 Å². The van der Waals surface area contributed by atoms with Gasteiger partial charge in [0.05, 0.1) is 43.8 Å². The minimum absolute atomic E-state index is 0.134. The van der Waals surface area contributed by atoms with Crippen molar-refractivity contribution in [2.75, 3.05) is 32.2 Å². The monoisotopic (exact) mass is 852 g/mol. The molecule has 2 aliphatic rings. The van der Waals surface area contributed by atoms with Crippen LogP contribution in [0.15, 0.2) is 42.7 Å². The van der Waals surface area contributed by atoms with Gasteiger partial charge in [-0.1, -0.05) is 115 Å². The molecule has 330 valence electrons.